The number of hydrogen-bond acceptors (Lipinski definition) is 5. The third kappa shape index (κ3) is 2.85. The minimum absolute atomic E-state index is 0.0912. The number of hydrogen-bond donors (Lipinski definition) is 3. The molecular weight excluding hydrogens is 326 g/mol. The van der Waals surface area contributed by atoms with Crippen LogP contribution >= 0.6 is 0 Å². The summed E-state index contributed by atoms with van der Waals surface area (Å²) in [5, 5.41) is 7.41. The number of carbonyl (C=O) groups excluding carboxylic acids is 1. The molecule has 0 saturated carbocycles. The van der Waals surface area contributed by atoms with Gasteiger partial charge in [0.1, 0.15) is 17.1 Å². The molecule has 0 unspecified atom stereocenters. The molecule has 0 aliphatic rings. The summed E-state index contributed by atoms with van der Waals surface area (Å²) in [4.78, 5) is 36.7. The van der Waals surface area contributed by atoms with Crippen LogP contribution in [0, 0.1) is 0 Å². The van der Waals surface area contributed by atoms with E-state index in [1.807, 2.05) is 0 Å². The maximum Gasteiger partial charge on any atom is 0.272 e. The molecule has 3 rings (SSSR count). The van der Waals surface area contributed by atoms with E-state index in [-0.39, 0.29) is 22.0 Å². The molecule has 0 bridgehead atoms. The van der Waals surface area contributed by atoms with E-state index < -0.39 is 17.0 Å². The van der Waals surface area contributed by atoms with Crippen molar-refractivity contribution in [2.75, 3.05) is 19.5 Å². The lowest BCUT2D eigenvalue weighted by atomic mass is 10.1. The molecule has 1 amide bonds. The Morgan fingerprint density at radius 1 is 0.920 bits per heavy atom. The van der Waals surface area contributed by atoms with E-state index in [4.69, 9.17) is 9.47 Å². The fourth-order valence-electron chi connectivity index (χ4n) is 2.59. The SMILES string of the molecule is COc1cccc(OC)c1C(=O)Nc1cccc2c(=O)[nH][nH]c(=O)c12. The molecule has 0 radical (unpaired) electrons. The highest BCUT2D eigenvalue weighted by Crippen LogP contribution is 2.29. The summed E-state index contributed by atoms with van der Waals surface area (Å²) in [6, 6.07) is 9.55. The van der Waals surface area contributed by atoms with Crippen LogP contribution in [0.5, 0.6) is 11.5 Å². The van der Waals surface area contributed by atoms with Gasteiger partial charge in [0.15, 0.2) is 0 Å². The number of aromatic amines is 2. The number of carbonyl (C=O) groups is 1. The number of nitrogens with one attached hydrogen (secondary N) is 3. The van der Waals surface area contributed by atoms with Crippen LogP contribution in [0.15, 0.2) is 46.0 Å². The zero-order chi connectivity index (χ0) is 18.0. The van der Waals surface area contributed by atoms with Crippen molar-refractivity contribution in [2.24, 2.45) is 0 Å². The summed E-state index contributed by atoms with van der Waals surface area (Å²) in [6.07, 6.45) is 0. The quantitative estimate of drug-likeness (QED) is 0.665. The van der Waals surface area contributed by atoms with Crippen LogP contribution in [0.4, 0.5) is 5.69 Å². The van der Waals surface area contributed by atoms with E-state index in [1.165, 1.54) is 26.4 Å². The highest BCUT2D eigenvalue weighted by Gasteiger charge is 2.19. The first-order valence-electron chi connectivity index (χ1n) is 7.33. The number of anilines is 1. The molecule has 128 valence electrons. The Hall–Kier alpha value is -3.55. The van der Waals surface area contributed by atoms with Crippen molar-refractivity contribution >= 4 is 22.4 Å². The van der Waals surface area contributed by atoms with Gasteiger partial charge in [-0.15, -0.1) is 0 Å². The number of benzene rings is 2. The average Bonchev–Trinajstić information content (AvgIpc) is 2.64. The molecule has 25 heavy (non-hydrogen) atoms. The molecule has 2 aromatic carbocycles. The van der Waals surface area contributed by atoms with Gasteiger partial charge in [0.05, 0.1) is 30.7 Å². The Morgan fingerprint density at radius 2 is 1.52 bits per heavy atom. The van der Waals surface area contributed by atoms with Crippen LogP contribution in [0.2, 0.25) is 0 Å². The molecule has 0 spiro atoms. The number of ether oxygens (including phenoxy) is 2. The van der Waals surface area contributed by atoms with Gasteiger partial charge in [-0.25, -0.2) is 0 Å². The van der Waals surface area contributed by atoms with Crippen molar-refractivity contribution in [3.05, 3.63) is 62.7 Å². The number of rotatable bonds is 4. The smallest absolute Gasteiger partial charge is 0.272 e. The molecule has 1 heterocycles. The molecule has 8 nitrogen and oxygen atoms in total. The maximum absolute atomic E-state index is 12.7. The lowest BCUT2D eigenvalue weighted by Gasteiger charge is -2.13. The monoisotopic (exact) mass is 341 g/mol. The van der Waals surface area contributed by atoms with Gasteiger partial charge in [-0.05, 0) is 24.3 Å². The van der Waals surface area contributed by atoms with Gasteiger partial charge >= 0.3 is 0 Å². The Morgan fingerprint density at radius 3 is 2.16 bits per heavy atom. The second kappa shape index (κ2) is 6.52. The molecule has 0 saturated heterocycles. The van der Waals surface area contributed by atoms with Gasteiger partial charge < -0.3 is 14.8 Å². The summed E-state index contributed by atoms with van der Waals surface area (Å²) < 4.78 is 10.4. The first-order chi connectivity index (χ1) is 12.1. The Kier molecular flexibility index (Phi) is 4.25. The summed E-state index contributed by atoms with van der Waals surface area (Å²) in [6.45, 7) is 0. The zero-order valence-corrected chi connectivity index (χ0v) is 13.5. The average molecular weight is 341 g/mol. The summed E-state index contributed by atoms with van der Waals surface area (Å²) in [5.74, 6) is 0.120. The largest absolute Gasteiger partial charge is 0.496 e. The van der Waals surface area contributed by atoms with Crippen LogP contribution in [0.3, 0.4) is 0 Å². The highest BCUT2D eigenvalue weighted by atomic mass is 16.5. The minimum Gasteiger partial charge on any atom is -0.496 e. The number of methoxy groups -OCH3 is 2. The third-order valence-corrected chi connectivity index (χ3v) is 3.73. The lowest BCUT2D eigenvalue weighted by Crippen LogP contribution is -2.22. The minimum atomic E-state index is -0.526. The van der Waals surface area contributed by atoms with Crippen LogP contribution < -0.4 is 25.9 Å². The molecule has 3 N–H and O–H groups in total. The van der Waals surface area contributed by atoms with Crippen LogP contribution in [-0.4, -0.2) is 30.3 Å². The molecule has 1 aromatic heterocycles. The van der Waals surface area contributed by atoms with Gasteiger partial charge in [-0.2, -0.15) is 0 Å². The van der Waals surface area contributed by atoms with Crippen LogP contribution in [0.25, 0.3) is 10.8 Å². The Labute approximate surface area is 141 Å². The normalized spacial score (nSPS) is 10.5. The van der Waals surface area contributed by atoms with Crippen molar-refractivity contribution in [1.29, 1.82) is 0 Å². The second-order valence-corrected chi connectivity index (χ2v) is 5.13. The first kappa shape index (κ1) is 16.3. The van der Waals surface area contributed by atoms with E-state index >= 15 is 0 Å². The predicted octanol–water partition coefficient (Wildman–Crippen LogP) is 1.49. The summed E-state index contributed by atoms with van der Waals surface area (Å²) >= 11 is 0. The van der Waals surface area contributed by atoms with Gasteiger partial charge in [0.2, 0.25) is 0 Å². The standard InChI is InChI=1S/C17H15N3O5/c1-24-11-7-4-8-12(25-2)14(11)16(22)18-10-6-3-5-9-13(10)17(23)20-19-15(9)21/h3-8H,1-2H3,(H,18,22)(H,19,21)(H,20,23). The molecule has 0 aliphatic carbocycles. The summed E-state index contributed by atoms with van der Waals surface area (Å²) in [5.41, 5.74) is -0.577. The van der Waals surface area contributed by atoms with Gasteiger partial charge in [-0.3, -0.25) is 24.6 Å². The van der Waals surface area contributed by atoms with Crippen molar-refractivity contribution in [3.8, 4) is 11.5 Å². The fourth-order valence-corrected chi connectivity index (χ4v) is 2.59. The zero-order valence-electron chi connectivity index (χ0n) is 13.5. The van der Waals surface area contributed by atoms with Crippen molar-refractivity contribution in [1.82, 2.24) is 10.2 Å². The fraction of sp³-hybridized carbons (Fsp3) is 0.118. The highest BCUT2D eigenvalue weighted by molar-refractivity contribution is 6.11. The Bertz CT molecular complexity index is 1050. The molecular formula is C17H15N3O5. The van der Waals surface area contributed by atoms with E-state index in [2.05, 4.69) is 15.5 Å². The van der Waals surface area contributed by atoms with Crippen LogP contribution in [0.1, 0.15) is 10.4 Å². The van der Waals surface area contributed by atoms with Gasteiger partial charge in [-0.1, -0.05) is 12.1 Å². The number of aromatic nitrogens is 2. The predicted molar refractivity (Wildman–Crippen MR) is 92.7 cm³/mol. The van der Waals surface area contributed by atoms with Crippen molar-refractivity contribution in [2.45, 2.75) is 0 Å². The molecule has 0 fully saturated rings. The van der Waals surface area contributed by atoms with E-state index in [0.717, 1.165) is 0 Å². The second-order valence-electron chi connectivity index (χ2n) is 5.13. The lowest BCUT2D eigenvalue weighted by molar-refractivity contribution is 0.102. The van der Waals surface area contributed by atoms with E-state index in [0.29, 0.717) is 11.5 Å². The van der Waals surface area contributed by atoms with Gasteiger partial charge in [0.25, 0.3) is 17.0 Å². The van der Waals surface area contributed by atoms with E-state index in [9.17, 15) is 14.4 Å². The van der Waals surface area contributed by atoms with E-state index in [1.54, 1.807) is 24.3 Å². The van der Waals surface area contributed by atoms with Crippen molar-refractivity contribution < 1.29 is 14.3 Å². The summed E-state index contributed by atoms with van der Waals surface area (Å²) in [7, 11) is 2.88. The third-order valence-electron chi connectivity index (χ3n) is 3.73. The first-order valence-corrected chi connectivity index (χ1v) is 7.33. The van der Waals surface area contributed by atoms with Crippen LogP contribution in [-0.2, 0) is 0 Å². The molecule has 3 aromatic rings. The molecule has 8 heteroatoms. The van der Waals surface area contributed by atoms with Gasteiger partial charge in [0, 0.05) is 0 Å². The van der Waals surface area contributed by atoms with Crippen molar-refractivity contribution in [3.63, 3.8) is 0 Å². The topological polar surface area (TPSA) is 113 Å². The Balaban J connectivity index is 2.12. The molecule has 0 atom stereocenters. The maximum atomic E-state index is 12.7. The number of fused-ring (bicyclic) bond motifs is 1. The number of H-pyrrole nitrogens is 2. The number of amides is 1. The molecule has 0 aliphatic heterocycles.